The minimum atomic E-state index is 0. The van der Waals surface area contributed by atoms with Crippen molar-refractivity contribution in [2.24, 2.45) is 0 Å². The number of benzene rings is 3. The fraction of sp³-hybridized carbons (Fsp3) is 0.0833. The van der Waals surface area contributed by atoms with Gasteiger partial charge in [0.1, 0.15) is 0 Å². The van der Waals surface area contributed by atoms with E-state index in [9.17, 15) is 0 Å². The molecule has 0 aliphatic heterocycles. The topological polar surface area (TPSA) is 33.5 Å². The van der Waals surface area contributed by atoms with Gasteiger partial charge in [-0.3, -0.25) is 6.08 Å². The van der Waals surface area contributed by atoms with Gasteiger partial charge in [0.05, 0.1) is 0 Å². The predicted molar refractivity (Wildman–Crippen MR) is 120 cm³/mol. The fourth-order valence-corrected chi connectivity index (χ4v) is 2.68. The maximum atomic E-state index is 3.30. The second-order valence-electron chi connectivity index (χ2n) is 5.48. The van der Waals surface area contributed by atoms with Crippen molar-refractivity contribution in [3.05, 3.63) is 127 Å². The molecule has 0 amide bonds. The van der Waals surface area contributed by atoms with Crippen molar-refractivity contribution < 1.29 is 26.2 Å². The summed E-state index contributed by atoms with van der Waals surface area (Å²) in [6.07, 6.45) is 11.0. The Kier molecular flexibility index (Phi) is 17.0. The Morgan fingerprint density at radius 2 is 1.46 bits per heavy atom. The van der Waals surface area contributed by atoms with Crippen LogP contribution < -0.4 is 0 Å². The number of hydrogen-bond donors (Lipinski definition) is 0. The predicted octanol–water partition coefficient (Wildman–Crippen LogP) is 7.41. The maximum Gasteiger partial charge on any atom is 4.00 e. The zero-order valence-corrected chi connectivity index (χ0v) is 19.6. The third-order valence-electron chi connectivity index (χ3n) is 3.81. The normalized spacial score (nSPS) is 10.6. The quantitative estimate of drug-likeness (QED) is 0.232. The van der Waals surface area contributed by atoms with Crippen LogP contribution in [0.2, 0.25) is 0 Å². The molecular formula is C24H23Cl2NZr. The van der Waals surface area contributed by atoms with E-state index in [0.717, 1.165) is 12.8 Å². The van der Waals surface area contributed by atoms with Crippen LogP contribution in [0.1, 0.15) is 17.5 Å². The first-order valence-electron chi connectivity index (χ1n) is 8.16. The van der Waals surface area contributed by atoms with Crippen molar-refractivity contribution in [1.29, 1.82) is 0 Å². The van der Waals surface area contributed by atoms with Crippen LogP contribution in [0, 0.1) is 18.2 Å². The Morgan fingerprint density at radius 3 is 2.00 bits per heavy atom. The molecule has 3 aromatic carbocycles. The SMILES string of the molecule is Cl.Cl.[C-]1=CC=CC1.[NH2-].[Zr+4].[c-]1cccc2c1Cc1ccccc1-2.[c-]1ccccc1. The van der Waals surface area contributed by atoms with Crippen LogP contribution in [-0.2, 0) is 32.6 Å². The molecule has 4 heteroatoms. The molecule has 5 rings (SSSR count). The first-order valence-corrected chi connectivity index (χ1v) is 8.16. The number of rotatable bonds is 0. The zero-order chi connectivity index (χ0) is 16.5. The van der Waals surface area contributed by atoms with Crippen LogP contribution in [0.5, 0.6) is 0 Å². The van der Waals surface area contributed by atoms with Gasteiger partial charge in [-0.2, -0.15) is 72.3 Å². The number of hydrogen-bond acceptors (Lipinski definition) is 0. The molecule has 0 aromatic heterocycles. The van der Waals surface area contributed by atoms with Crippen molar-refractivity contribution >= 4 is 24.8 Å². The van der Waals surface area contributed by atoms with Gasteiger partial charge in [-0.15, -0.1) is 36.8 Å². The molecule has 0 atom stereocenters. The molecule has 2 aliphatic rings. The summed E-state index contributed by atoms with van der Waals surface area (Å²) < 4.78 is 0. The summed E-state index contributed by atoms with van der Waals surface area (Å²) in [4.78, 5) is 0. The van der Waals surface area contributed by atoms with Crippen molar-refractivity contribution in [2.75, 3.05) is 0 Å². The minimum absolute atomic E-state index is 0. The molecule has 0 saturated carbocycles. The van der Waals surface area contributed by atoms with Gasteiger partial charge in [0.15, 0.2) is 0 Å². The van der Waals surface area contributed by atoms with Gasteiger partial charge in [-0.25, -0.2) is 12.2 Å². The van der Waals surface area contributed by atoms with Gasteiger partial charge in [-0.1, -0.05) is 35.4 Å². The van der Waals surface area contributed by atoms with Crippen LogP contribution in [0.4, 0.5) is 0 Å². The van der Waals surface area contributed by atoms with E-state index in [-0.39, 0.29) is 57.2 Å². The summed E-state index contributed by atoms with van der Waals surface area (Å²) in [6.45, 7) is 0. The fourth-order valence-electron chi connectivity index (χ4n) is 2.68. The molecule has 2 aliphatic carbocycles. The molecule has 0 spiro atoms. The Balaban J connectivity index is 0. The summed E-state index contributed by atoms with van der Waals surface area (Å²) >= 11 is 0. The Bertz CT molecular complexity index is 753. The zero-order valence-electron chi connectivity index (χ0n) is 15.5. The Hall–Kier alpha value is -1.44. The molecule has 0 saturated heterocycles. The summed E-state index contributed by atoms with van der Waals surface area (Å²) in [6, 6.07) is 30.6. The van der Waals surface area contributed by atoms with Crippen molar-refractivity contribution in [3.8, 4) is 11.1 Å². The molecule has 1 nitrogen and oxygen atoms in total. The second kappa shape index (κ2) is 16.5. The van der Waals surface area contributed by atoms with Gasteiger partial charge >= 0.3 is 26.2 Å². The van der Waals surface area contributed by atoms with Crippen LogP contribution in [-0.4, -0.2) is 0 Å². The third kappa shape index (κ3) is 8.71. The average Bonchev–Trinajstić information content (AvgIpc) is 3.35. The van der Waals surface area contributed by atoms with Crippen molar-refractivity contribution in [1.82, 2.24) is 0 Å². The smallest absolute Gasteiger partial charge is 0.693 e. The van der Waals surface area contributed by atoms with E-state index in [2.05, 4.69) is 60.7 Å². The maximum absolute atomic E-state index is 3.30. The van der Waals surface area contributed by atoms with Crippen molar-refractivity contribution in [3.63, 3.8) is 0 Å². The number of halogens is 2. The molecule has 3 aromatic rings. The van der Waals surface area contributed by atoms with Crippen LogP contribution in [0.15, 0.2) is 91.0 Å². The summed E-state index contributed by atoms with van der Waals surface area (Å²) in [5.74, 6) is 0. The molecule has 28 heavy (non-hydrogen) atoms. The summed E-state index contributed by atoms with van der Waals surface area (Å²) in [7, 11) is 0. The molecule has 0 unspecified atom stereocenters. The van der Waals surface area contributed by atoms with Crippen LogP contribution >= 0.6 is 24.8 Å². The van der Waals surface area contributed by atoms with Gasteiger partial charge in [0, 0.05) is 0 Å². The monoisotopic (exact) mass is 485 g/mol. The van der Waals surface area contributed by atoms with E-state index in [1.54, 1.807) is 0 Å². The first kappa shape index (κ1) is 28.8. The third-order valence-corrected chi connectivity index (χ3v) is 3.81. The van der Waals surface area contributed by atoms with E-state index in [1.807, 2.05) is 48.6 Å². The molecule has 0 radical (unpaired) electrons. The largest absolute Gasteiger partial charge is 4.00 e. The number of fused-ring (bicyclic) bond motifs is 3. The van der Waals surface area contributed by atoms with Gasteiger partial charge in [-0.05, 0) is 6.42 Å². The van der Waals surface area contributed by atoms with E-state index in [4.69, 9.17) is 0 Å². The van der Waals surface area contributed by atoms with Gasteiger partial charge < -0.3 is 6.15 Å². The molecule has 0 bridgehead atoms. The van der Waals surface area contributed by atoms with E-state index in [1.165, 1.54) is 22.3 Å². The molecule has 142 valence electrons. The molecular weight excluding hydrogens is 464 g/mol. The Labute approximate surface area is 200 Å². The van der Waals surface area contributed by atoms with Crippen LogP contribution in [0.25, 0.3) is 17.3 Å². The van der Waals surface area contributed by atoms with E-state index in [0.29, 0.717) is 0 Å². The molecule has 2 N–H and O–H groups in total. The molecule has 0 fully saturated rings. The standard InChI is InChI=1S/C13H9.C6H5.C5H5.2ClH.H2N.Zr/c1-3-7-12-10(5-1)9-11-6-2-4-8-13(11)12;1-2-4-6-5-3-1;1-2-4-5-3-1;;;;/h1-5,7-8H,9H2;1-5H;1-3H,4H2;2*1H;1H2;/q3*-1;;;-1;+4. The summed E-state index contributed by atoms with van der Waals surface area (Å²) in [5.41, 5.74) is 5.51. The second-order valence-corrected chi connectivity index (χ2v) is 5.48. The average molecular weight is 488 g/mol. The van der Waals surface area contributed by atoms with Crippen molar-refractivity contribution in [2.45, 2.75) is 12.8 Å². The van der Waals surface area contributed by atoms with E-state index >= 15 is 0 Å². The number of nitrogens with two attached hydrogens (primary N) is 1. The van der Waals surface area contributed by atoms with Gasteiger partial charge in [0.2, 0.25) is 0 Å². The minimum Gasteiger partial charge on any atom is -0.693 e. The molecule has 0 heterocycles. The van der Waals surface area contributed by atoms with Crippen LogP contribution in [0.3, 0.4) is 0 Å². The number of allylic oxidation sites excluding steroid dienone is 4. The first-order chi connectivity index (χ1) is 11.9. The summed E-state index contributed by atoms with van der Waals surface area (Å²) in [5, 5.41) is 0. The van der Waals surface area contributed by atoms with Gasteiger partial charge in [0.25, 0.3) is 0 Å². The Morgan fingerprint density at radius 1 is 0.750 bits per heavy atom. The van der Waals surface area contributed by atoms with E-state index < -0.39 is 0 Å².